The maximum atomic E-state index is 5.86. The maximum Gasteiger partial charge on any atom is 0.110 e. The van der Waals surface area contributed by atoms with Gasteiger partial charge in [-0.3, -0.25) is 0 Å². The molecule has 3 N–H and O–H groups in total. The lowest BCUT2D eigenvalue weighted by molar-refractivity contribution is 0.129. The van der Waals surface area contributed by atoms with Gasteiger partial charge in [0, 0.05) is 11.1 Å². The Morgan fingerprint density at radius 1 is 1.59 bits per heavy atom. The first kappa shape index (κ1) is 13.0. The minimum Gasteiger partial charge on any atom is -0.330 e. The van der Waals surface area contributed by atoms with Gasteiger partial charge in [-0.2, -0.15) is 0 Å². The summed E-state index contributed by atoms with van der Waals surface area (Å²) in [5.74, 6) is 0. The van der Waals surface area contributed by atoms with Crippen molar-refractivity contribution in [2.75, 3.05) is 13.1 Å². The number of nitrogens with zero attached hydrogens (tertiary/aromatic N) is 1. The first-order chi connectivity index (χ1) is 8.15. The predicted molar refractivity (Wildman–Crippen MR) is 73.2 cm³/mol. The average Bonchev–Trinajstić information content (AvgIpc) is 2.69. The largest absolute Gasteiger partial charge is 0.330 e. The number of hydrogen-bond donors (Lipinski definition) is 2. The fourth-order valence-electron chi connectivity index (χ4n) is 2.45. The molecule has 0 aromatic carbocycles. The Morgan fingerprint density at radius 2 is 2.35 bits per heavy atom. The molecule has 1 aliphatic rings. The average molecular weight is 253 g/mol. The summed E-state index contributed by atoms with van der Waals surface area (Å²) in [4.78, 5) is 4.51. The molecule has 1 unspecified atom stereocenters. The molecule has 0 amide bonds. The number of hydrogen-bond acceptors (Lipinski definition) is 4. The van der Waals surface area contributed by atoms with Crippen molar-refractivity contribution >= 4 is 11.3 Å². The van der Waals surface area contributed by atoms with Crippen LogP contribution < -0.4 is 11.1 Å². The van der Waals surface area contributed by atoms with Gasteiger partial charge in [-0.05, 0) is 51.6 Å². The van der Waals surface area contributed by atoms with Gasteiger partial charge < -0.3 is 11.1 Å². The fourth-order valence-corrected chi connectivity index (χ4v) is 3.27. The van der Waals surface area contributed by atoms with E-state index in [1.807, 2.05) is 6.92 Å². The number of nitrogens with two attached hydrogens (primary N) is 1. The maximum absolute atomic E-state index is 5.86. The van der Waals surface area contributed by atoms with Crippen LogP contribution in [0.25, 0.3) is 0 Å². The molecule has 4 heteroatoms. The lowest BCUT2D eigenvalue weighted by Gasteiger charge is -2.41. The molecule has 0 saturated heterocycles. The summed E-state index contributed by atoms with van der Waals surface area (Å²) in [6.07, 6.45) is 5.20. The lowest BCUT2D eigenvalue weighted by Crippen LogP contribution is -2.40. The summed E-state index contributed by atoms with van der Waals surface area (Å²) < 4.78 is 0. The van der Waals surface area contributed by atoms with E-state index in [0.717, 1.165) is 18.8 Å². The minimum absolute atomic E-state index is 0.364. The van der Waals surface area contributed by atoms with E-state index < -0.39 is 0 Å². The number of nitrogens with one attached hydrogen (secondary N) is 1. The Morgan fingerprint density at radius 3 is 2.82 bits per heavy atom. The van der Waals surface area contributed by atoms with Crippen LogP contribution in [0.1, 0.15) is 49.4 Å². The fraction of sp³-hybridized carbons (Fsp3) is 0.769. The van der Waals surface area contributed by atoms with Crippen LogP contribution in [0.4, 0.5) is 0 Å². The van der Waals surface area contributed by atoms with Gasteiger partial charge in [-0.15, -0.1) is 11.3 Å². The Labute approximate surface area is 108 Å². The topological polar surface area (TPSA) is 50.9 Å². The summed E-state index contributed by atoms with van der Waals surface area (Å²) in [6, 6.07) is 0.364. The highest BCUT2D eigenvalue weighted by atomic mass is 32.1. The Balaban J connectivity index is 1.75. The van der Waals surface area contributed by atoms with Crippen molar-refractivity contribution in [3.05, 3.63) is 16.1 Å². The molecule has 0 radical (unpaired) electrons. The van der Waals surface area contributed by atoms with Gasteiger partial charge in [0.15, 0.2) is 0 Å². The zero-order valence-corrected chi connectivity index (χ0v) is 11.6. The van der Waals surface area contributed by atoms with Gasteiger partial charge in [0.2, 0.25) is 0 Å². The van der Waals surface area contributed by atoms with Crippen LogP contribution in [-0.4, -0.2) is 18.1 Å². The third kappa shape index (κ3) is 3.06. The molecule has 1 heterocycles. The summed E-state index contributed by atoms with van der Waals surface area (Å²) in [6.45, 7) is 6.13. The standard InChI is InChI=1S/C13H23N3S/c1-10-8-17-12(16-10)11(2)15-7-6-13(9-14)4-3-5-13/h8,11,15H,3-7,9,14H2,1-2H3. The number of aromatic nitrogens is 1. The van der Waals surface area contributed by atoms with E-state index in [0.29, 0.717) is 11.5 Å². The highest BCUT2D eigenvalue weighted by Crippen LogP contribution is 2.42. The highest BCUT2D eigenvalue weighted by Gasteiger charge is 2.34. The van der Waals surface area contributed by atoms with E-state index in [-0.39, 0.29) is 0 Å². The van der Waals surface area contributed by atoms with E-state index in [1.165, 1.54) is 30.7 Å². The third-order valence-corrected chi connectivity index (χ3v) is 5.11. The molecule has 96 valence electrons. The minimum atomic E-state index is 0.364. The summed E-state index contributed by atoms with van der Waals surface area (Å²) >= 11 is 1.74. The molecule has 0 aliphatic heterocycles. The molecule has 3 nitrogen and oxygen atoms in total. The first-order valence-corrected chi connectivity index (χ1v) is 7.39. The van der Waals surface area contributed by atoms with Gasteiger partial charge in [-0.25, -0.2) is 4.98 Å². The number of thiazole rings is 1. The second-order valence-electron chi connectivity index (χ2n) is 5.31. The molecule has 1 aromatic heterocycles. The summed E-state index contributed by atoms with van der Waals surface area (Å²) in [5.41, 5.74) is 7.43. The normalized spacial score (nSPS) is 19.9. The van der Waals surface area contributed by atoms with E-state index in [9.17, 15) is 0 Å². The first-order valence-electron chi connectivity index (χ1n) is 6.51. The van der Waals surface area contributed by atoms with Crippen molar-refractivity contribution in [2.45, 2.75) is 45.6 Å². The number of rotatable bonds is 6. The van der Waals surface area contributed by atoms with Crippen molar-refractivity contribution in [3.8, 4) is 0 Å². The van der Waals surface area contributed by atoms with Gasteiger partial charge in [-0.1, -0.05) is 6.42 Å². The van der Waals surface area contributed by atoms with Crippen LogP contribution in [0.15, 0.2) is 5.38 Å². The van der Waals surface area contributed by atoms with Crippen LogP contribution >= 0.6 is 11.3 Å². The lowest BCUT2D eigenvalue weighted by atomic mass is 9.67. The predicted octanol–water partition coefficient (Wildman–Crippen LogP) is 2.62. The zero-order valence-electron chi connectivity index (χ0n) is 10.8. The van der Waals surface area contributed by atoms with Gasteiger partial charge in [0.1, 0.15) is 5.01 Å². The second-order valence-corrected chi connectivity index (χ2v) is 6.20. The molecule has 0 spiro atoms. The zero-order chi connectivity index (χ0) is 12.3. The van der Waals surface area contributed by atoms with Crippen LogP contribution in [0.5, 0.6) is 0 Å². The van der Waals surface area contributed by atoms with Crippen molar-refractivity contribution in [3.63, 3.8) is 0 Å². The van der Waals surface area contributed by atoms with Crippen molar-refractivity contribution in [2.24, 2.45) is 11.1 Å². The van der Waals surface area contributed by atoms with E-state index in [4.69, 9.17) is 5.73 Å². The van der Waals surface area contributed by atoms with Crippen LogP contribution in [0, 0.1) is 12.3 Å². The number of aryl methyl sites for hydroxylation is 1. The summed E-state index contributed by atoms with van der Waals surface area (Å²) in [7, 11) is 0. The monoisotopic (exact) mass is 253 g/mol. The Bertz CT molecular complexity index is 352. The molecule has 2 rings (SSSR count). The third-order valence-electron chi connectivity index (χ3n) is 3.96. The molecule has 1 fully saturated rings. The van der Waals surface area contributed by atoms with Crippen LogP contribution in [-0.2, 0) is 0 Å². The molecule has 1 aromatic rings. The molecule has 1 atom stereocenters. The quantitative estimate of drug-likeness (QED) is 0.819. The second kappa shape index (κ2) is 5.46. The SMILES string of the molecule is Cc1csc(C(C)NCCC2(CN)CCC2)n1. The summed E-state index contributed by atoms with van der Waals surface area (Å²) in [5, 5.41) is 6.87. The van der Waals surface area contributed by atoms with E-state index in [2.05, 4.69) is 22.6 Å². The van der Waals surface area contributed by atoms with Crippen molar-refractivity contribution in [1.29, 1.82) is 0 Å². The van der Waals surface area contributed by atoms with Gasteiger partial charge in [0.25, 0.3) is 0 Å². The molecule has 17 heavy (non-hydrogen) atoms. The molecular formula is C13H23N3S. The van der Waals surface area contributed by atoms with Gasteiger partial charge >= 0.3 is 0 Å². The van der Waals surface area contributed by atoms with Crippen molar-refractivity contribution in [1.82, 2.24) is 10.3 Å². The smallest absolute Gasteiger partial charge is 0.110 e. The van der Waals surface area contributed by atoms with Crippen LogP contribution in [0.2, 0.25) is 0 Å². The van der Waals surface area contributed by atoms with Crippen LogP contribution in [0.3, 0.4) is 0 Å². The Hall–Kier alpha value is -0.450. The molecule has 0 bridgehead atoms. The van der Waals surface area contributed by atoms with E-state index >= 15 is 0 Å². The molecule has 1 aliphatic carbocycles. The molecule has 1 saturated carbocycles. The Kier molecular flexibility index (Phi) is 4.17. The van der Waals surface area contributed by atoms with Gasteiger partial charge in [0.05, 0.1) is 6.04 Å². The highest BCUT2D eigenvalue weighted by molar-refractivity contribution is 7.09. The molecular weight excluding hydrogens is 230 g/mol. The van der Waals surface area contributed by atoms with Crippen molar-refractivity contribution < 1.29 is 0 Å². The van der Waals surface area contributed by atoms with E-state index in [1.54, 1.807) is 11.3 Å².